The second kappa shape index (κ2) is 20.4. The van der Waals surface area contributed by atoms with Gasteiger partial charge in [0.15, 0.2) is 0 Å². The van der Waals surface area contributed by atoms with E-state index in [9.17, 15) is 59.4 Å². The van der Waals surface area contributed by atoms with Crippen LogP contribution in [0, 0.1) is 42.2 Å². The minimum atomic E-state index is -1.03. The van der Waals surface area contributed by atoms with Crippen LogP contribution < -0.4 is 0 Å². The second-order valence-electron chi connectivity index (χ2n) is 16.2. The lowest BCUT2D eigenvalue weighted by Crippen LogP contribution is -2.63. The Morgan fingerprint density at radius 2 is 1.28 bits per heavy atom. The quantitative estimate of drug-likeness (QED) is 0.0416. The molecule has 0 spiro atoms. The fraction of sp³-hybridized carbons (Fsp3) is 0.395. The molecule has 67 heavy (non-hydrogen) atoms. The lowest BCUT2D eigenvalue weighted by molar-refractivity contribution is -0.385. The molecule has 3 aromatic rings. The topological polar surface area (TPSA) is 288 Å². The highest BCUT2D eigenvalue weighted by Crippen LogP contribution is 2.52. The predicted molar refractivity (Wildman–Crippen MR) is 235 cm³/mol. The molecule has 2 unspecified atom stereocenters. The molecule has 352 valence electrons. The van der Waals surface area contributed by atoms with Crippen molar-refractivity contribution in [2.45, 2.75) is 63.5 Å². The van der Waals surface area contributed by atoms with Gasteiger partial charge in [-0.2, -0.15) is 4.99 Å². The first-order valence-electron chi connectivity index (χ1n) is 21.0. The number of carbonyl (C=O) groups is 5. The van der Waals surface area contributed by atoms with Crippen LogP contribution in [0.15, 0.2) is 88.4 Å². The number of aliphatic hydroxyl groups is 1. The molecular weight excluding hydrogens is 901 g/mol. The number of hydrogen-bond donors (Lipinski definition) is 1. The van der Waals surface area contributed by atoms with Crippen LogP contribution in [0.3, 0.4) is 0 Å². The van der Waals surface area contributed by atoms with E-state index in [2.05, 4.69) is 4.99 Å². The standard InChI is InChI=1S/C43H44N8O15S/c1-25-36-35(26(2)52)40(54)48(36)37(41(55)64-21-27-3-9-30(10-4-27)49(58)59)38(25)67-33-19-34(47(20-33)43(57)66-23-29-7-13-32(14-8-29)51(62)63)39(53)46-17-15-45(16-18-46)24-44-42(56)65-22-28-5-11-31(12-6-28)50(60)61/h3-14,24-26,33-36,52H,15-23H2,1-2H3/t25-,26-,33?,34?,35-,36-/m1/s1. The summed E-state index contributed by atoms with van der Waals surface area (Å²) in [6.07, 6.45) is -1.34. The number of amides is 4. The average Bonchev–Trinajstić information content (AvgIpc) is 3.85. The number of β-lactam (4-membered cyclic amide) rings is 1. The number of nitrogens with zero attached hydrogens (tertiary/aromatic N) is 8. The van der Waals surface area contributed by atoms with Crippen molar-refractivity contribution in [2.24, 2.45) is 16.8 Å². The number of rotatable bonds is 15. The molecule has 4 heterocycles. The fourth-order valence-corrected chi connectivity index (χ4v) is 9.85. The van der Waals surface area contributed by atoms with Gasteiger partial charge in [0.05, 0.1) is 39.2 Å². The number of aliphatic imine (C=N–C) groups is 1. The normalized spacial score (nSPS) is 21.7. The first-order valence-corrected chi connectivity index (χ1v) is 21.8. The van der Waals surface area contributed by atoms with Gasteiger partial charge < -0.3 is 34.0 Å². The first kappa shape index (κ1) is 47.5. The largest absolute Gasteiger partial charge is 0.456 e. The predicted octanol–water partition coefficient (Wildman–Crippen LogP) is 4.55. The molecule has 7 rings (SSSR count). The van der Waals surface area contributed by atoms with E-state index in [-0.39, 0.29) is 87.6 Å². The van der Waals surface area contributed by atoms with Crippen molar-refractivity contribution in [3.63, 3.8) is 0 Å². The number of piperazine rings is 1. The van der Waals surface area contributed by atoms with E-state index >= 15 is 0 Å². The molecule has 0 saturated carbocycles. The molecule has 23 nitrogen and oxygen atoms in total. The highest BCUT2D eigenvalue weighted by molar-refractivity contribution is 8.03. The van der Waals surface area contributed by atoms with Crippen molar-refractivity contribution in [1.82, 2.24) is 19.6 Å². The highest BCUT2D eigenvalue weighted by atomic mass is 32.2. The molecule has 0 aliphatic carbocycles. The summed E-state index contributed by atoms with van der Waals surface area (Å²) in [6, 6.07) is 14.8. The maximum absolute atomic E-state index is 14.4. The number of esters is 1. The third kappa shape index (κ3) is 10.6. The van der Waals surface area contributed by atoms with E-state index in [1.54, 1.807) is 9.80 Å². The average molecular weight is 945 g/mol. The Hall–Kier alpha value is -7.47. The van der Waals surface area contributed by atoms with Crippen LogP contribution in [-0.2, 0) is 48.4 Å². The molecule has 6 atom stereocenters. The molecule has 3 saturated heterocycles. The summed E-state index contributed by atoms with van der Waals surface area (Å²) in [7, 11) is 0. The van der Waals surface area contributed by atoms with Crippen LogP contribution in [-0.4, -0.2) is 132 Å². The molecule has 0 aromatic heterocycles. The summed E-state index contributed by atoms with van der Waals surface area (Å²) in [6.45, 7) is 3.53. The highest BCUT2D eigenvalue weighted by Gasteiger charge is 2.61. The van der Waals surface area contributed by atoms with E-state index in [0.717, 1.165) is 0 Å². The van der Waals surface area contributed by atoms with Crippen molar-refractivity contribution in [2.75, 3.05) is 32.7 Å². The number of non-ortho nitro benzene ring substituents is 3. The summed E-state index contributed by atoms with van der Waals surface area (Å²) >= 11 is 1.22. The number of carbonyl (C=O) groups excluding carboxylic acids is 5. The maximum atomic E-state index is 14.4. The Morgan fingerprint density at radius 1 is 0.791 bits per heavy atom. The zero-order chi connectivity index (χ0) is 48.1. The van der Waals surface area contributed by atoms with E-state index in [1.165, 1.54) is 108 Å². The van der Waals surface area contributed by atoms with Crippen molar-refractivity contribution < 1.29 is 58.1 Å². The van der Waals surface area contributed by atoms with E-state index < -0.39 is 74.1 Å². The minimum absolute atomic E-state index is 0.0193. The minimum Gasteiger partial charge on any atom is -0.456 e. The van der Waals surface area contributed by atoms with Gasteiger partial charge in [0.2, 0.25) is 11.8 Å². The third-order valence-corrected chi connectivity index (χ3v) is 13.4. The van der Waals surface area contributed by atoms with Gasteiger partial charge in [0, 0.05) is 85.2 Å². The Kier molecular flexibility index (Phi) is 14.4. The van der Waals surface area contributed by atoms with Gasteiger partial charge in [0.1, 0.15) is 31.6 Å². The summed E-state index contributed by atoms with van der Waals surface area (Å²) in [5, 5.41) is 43.2. The number of fused-ring (bicyclic) bond motifs is 1. The maximum Gasteiger partial charge on any atom is 0.435 e. The Morgan fingerprint density at radius 3 is 1.78 bits per heavy atom. The van der Waals surface area contributed by atoms with Gasteiger partial charge in [0.25, 0.3) is 17.1 Å². The Bertz CT molecular complexity index is 2500. The monoisotopic (exact) mass is 944 g/mol. The van der Waals surface area contributed by atoms with E-state index in [1.807, 2.05) is 6.92 Å². The van der Waals surface area contributed by atoms with E-state index in [4.69, 9.17) is 14.2 Å². The summed E-state index contributed by atoms with van der Waals surface area (Å²) in [5.74, 6) is -2.96. The van der Waals surface area contributed by atoms with E-state index in [0.29, 0.717) is 21.6 Å². The Labute approximate surface area is 385 Å². The van der Waals surface area contributed by atoms with Crippen molar-refractivity contribution >= 4 is 65.1 Å². The summed E-state index contributed by atoms with van der Waals surface area (Å²) < 4.78 is 16.4. The SMILES string of the molecule is C[C@@H](O)[C@H]1C(=O)N2C(C(=O)OCc3ccc([N+](=O)[O-])cc3)=C(SC3CC(C(=O)N4CCN(C=NC(=O)OCc5ccc([N+](=O)[O-])cc5)CC4)N(C(=O)OCc4ccc([N+](=O)[O-])cc4)C3)[C@H](C)[C@H]12. The third-order valence-electron chi connectivity index (χ3n) is 11.9. The molecule has 24 heteroatoms. The summed E-state index contributed by atoms with van der Waals surface area (Å²) in [5.41, 5.74) is 1.01. The lowest BCUT2D eigenvalue weighted by atomic mass is 9.79. The fourth-order valence-electron chi connectivity index (χ4n) is 8.33. The number of nitro benzene ring substituents is 3. The number of hydrogen-bond acceptors (Lipinski definition) is 16. The van der Waals surface area contributed by atoms with Crippen molar-refractivity contribution in [3.8, 4) is 0 Å². The molecule has 0 bridgehead atoms. The van der Waals surface area contributed by atoms with Gasteiger partial charge in [-0.05, 0) is 66.4 Å². The smallest absolute Gasteiger partial charge is 0.435 e. The second-order valence-corrected chi connectivity index (χ2v) is 17.5. The van der Waals surface area contributed by atoms with Crippen LogP contribution in [0.25, 0.3) is 0 Å². The molecule has 3 fully saturated rings. The summed E-state index contributed by atoms with van der Waals surface area (Å²) in [4.78, 5) is 110. The van der Waals surface area contributed by atoms with Crippen molar-refractivity contribution in [1.29, 1.82) is 0 Å². The van der Waals surface area contributed by atoms with Crippen LogP contribution in [0.5, 0.6) is 0 Å². The number of likely N-dealkylation sites (tertiary alicyclic amines) is 1. The molecule has 4 aliphatic heterocycles. The van der Waals surface area contributed by atoms with Crippen molar-refractivity contribution in [3.05, 3.63) is 130 Å². The number of ether oxygens (including phenoxy) is 3. The number of nitro groups is 3. The van der Waals surface area contributed by atoms with Crippen LogP contribution in [0.2, 0.25) is 0 Å². The van der Waals surface area contributed by atoms with Gasteiger partial charge in [-0.3, -0.25) is 44.8 Å². The van der Waals surface area contributed by atoms with Crippen LogP contribution in [0.1, 0.15) is 37.0 Å². The van der Waals surface area contributed by atoms with Crippen LogP contribution in [0.4, 0.5) is 26.7 Å². The van der Waals surface area contributed by atoms with Crippen LogP contribution >= 0.6 is 11.8 Å². The number of thioether (sulfide) groups is 1. The Balaban J connectivity index is 1.05. The molecule has 0 radical (unpaired) electrons. The molecule has 3 aromatic carbocycles. The molecule has 4 aliphatic rings. The number of aliphatic hydroxyl groups excluding tert-OH is 1. The molecule has 4 amide bonds. The number of benzene rings is 3. The first-order chi connectivity index (χ1) is 32.0. The van der Waals surface area contributed by atoms with Gasteiger partial charge >= 0.3 is 18.2 Å². The molecular formula is C43H44N8O15S. The van der Waals surface area contributed by atoms with Gasteiger partial charge in [-0.15, -0.1) is 11.8 Å². The lowest BCUT2D eigenvalue weighted by Gasteiger charge is -2.46. The zero-order valence-corrected chi connectivity index (χ0v) is 36.8. The zero-order valence-electron chi connectivity index (χ0n) is 36.0. The van der Waals surface area contributed by atoms with Gasteiger partial charge in [-0.25, -0.2) is 14.4 Å². The molecule has 1 N–H and O–H groups in total. The van der Waals surface area contributed by atoms with Gasteiger partial charge in [-0.1, -0.05) is 6.92 Å².